The van der Waals surface area contributed by atoms with E-state index >= 15 is 0 Å². The molecular weight excluding hydrogens is 336 g/mol. The van der Waals surface area contributed by atoms with E-state index in [1.165, 1.54) is 16.7 Å². The van der Waals surface area contributed by atoms with Crippen LogP contribution in [-0.2, 0) is 21.1 Å². The molecule has 0 N–H and O–H groups in total. The highest BCUT2D eigenvalue weighted by atomic mass is 15.3. The van der Waals surface area contributed by atoms with E-state index in [1.54, 1.807) is 0 Å². The van der Waals surface area contributed by atoms with Gasteiger partial charge in [0.2, 0.25) is 0 Å². The van der Waals surface area contributed by atoms with Crippen LogP contribution in [0.4, 0.5) is 0 Å². The molecule has 0 aliphatic carbocycles. The quantitative estimate of drug-likeness (QED) is 0.558. The van der Waals surface area contributed by atoms with Crippen molar-refractivity contribution in [1.29, 1.82) is 0 Å². The van der Waals surface area contributed by atoms with Crippen LogP contribution in [0.25, 0.3) is 33.8 Å². The average molecular weight is 360 g/mol. The first-order valence-corrected chi connectivity index (χ1v) is 9.00. The van der Waals surface area contributed by atoms with Crippen molar-refractivity contribution in [2.45, 2.75) is 20.8 Å². The fourth-order valence-electron chi connectivity index (χ4n) is 4.02. The van der Waals surface area contributed by atoms with Crippen molar-refractivity contribution in [3.05, 3.63) is 53.5 Å². The van der Waals surface area contributed by atoms with E-state index in [9.17, 15) is 0 Å². The molecule has 0 aliphatic heterocycles. The smallest absolute Gasteiger partial charge is 0.0928 e. The monoisotopic (exact) mass is 360 g/mol. The molecule has 4 aromatic rings. The van der Waals surface area contributed by atoms with Crippen LogP contribution in [0.1, 0.15) is 16.7 Å². The number of hydrogen-bond donors (Lipinski definition) is 0. The molecule has 0 radical (unpaired) electrons. The molecule has 0 saturated heterocycles. The molecule has 0 fully saturated rings. The summed E-state index contributed by atoms with van der Waals surface area (Å²) in [6.45, 7) is 6.49. The van der Waals surface area contributed by atoms with Crippen LogP contribution in [0, 0.1) is 20.8 Å². The second-order valence-corrected chi connectivity index (χ2v) is 7.12. The maximum Gasteiger partial charge on any atom is 0.0928 e. The lowest BCUT2D eigenvalue weighted by Crippen LogP contribution is -2.02. The number of aromatic nitrogens is 6. The molecule has 0 bridgehead atoms. The molecule has 0 aliphatic rings. The first-order chi connectivity index (χ1) is 12.9. The topological polar surface area (TPSA) is 53.5 Å². The van der Waals surface area contributed by atoms with Gasteiger partial charge in [-0.15, -0.1) is 0 Å². The van der Waals surface area contributed by atoms with E-state index in [1.807, 2.05) is 53.8 Å². The summed E-state index contributed by atoms with van der Waals surface area (Å²) in [6.07, 6.45) is 5.94. The highest BCUT2D eigenvalue weighted by molar-refractivity contribution is 5.88. The summed E-state index contributed by atoms with van der Waals surface area (Å²) >= 11 is 0. The SMILES string of the molecule is Cc1c(-c2ccn(C)n2)c(C)c(-c2ccn(C)n2)c(C)c1-c1ccn(C)n1. The standard InChI is InChI=1S/C21H24N6/c1-13-19(16-7-10-25(4)22-16)14(2)21(18-9-12-27(6)24-18)15(3)20(13)17-8-11-26(5)23-17/h7-12H,1-6H3. The predicted octanol–water partition coefficient (Wildman–Crippen LogP) is 3.81. The first-order valence-electron chi connectivity index (χ1n) is 9.00. The summed E-state index contributed by atoms with van der Waals surface area (Å²) in [5.74, 6) is 0. The Bertz CT molecular complexity index is 977. The van der Waals surface area contributed by atoms with Gasteiger partial charge in [0.25, 0.3) is 0 Å². The van der Waals surface area contributed by atoms with Gasteiger partial charge in [-0.25, -0.2) is 0 Å². The number of rotatable bonds is 3. The van der Waals surface area contributed by atoms with Crippen molar-refractivity contribution in [3.8, 4) is 33.8 Å². The van der Waals surface area contributed by atoms with Gasteiger partial charge in [-0.3, -0.25) is 14.0 Å². The zero-order valence-corrected chi connectivity index (χ0v) is 16.6. The van der Waals surface area contributed by atoms with E-state index in [4.69, 9.17) is 0 Å². The van der Waals surface area contributed by atoms with Gasteiger partial charge in [0.15, 0.2) is 0 Å². The fraction of sp³-hybridized carbons (Fsp3) is 0.286. The first kappa shape index (κ1) is 17.3. The largest absolute Gasteiger partial charge is 0.275 e. The van der Waals surface area contributed by atoms with Crippen molar-refractivity contribution in [3.63, 3.8) is 0 Å². The summed E-state index contributed by atoms with van der Waals surface area (Å²) in [7, 11) is 5.84. The summed E-state index contributed by atoms with van der Waals surface area (Å²) < 4.78 is 5.53. The minimum atomic E-state index is 0.974. The molecule has 0 unspecified atom stereocenters. The third kappa shape index (κ3) is 2.77. The number of nitrogens with zero attached hydrogens (tertiary/aromatic N) is 6. The lowest BCUT2D eigenvalue weighted by atomic mass is 9.84. The molecule has 3 aromatic heterocycles. The van der Waals surface area contributed by atoms with Gasteiger partial charge < -0.3 is 0 Å². The van der Waals surface area contributed by atoms with Gasteiger partial charge in [0.1, 0.15) is 0 Å². The minimum Gasteiger partial charge on any atom is -0.275 e. The van der Waals surface area contributed by atoms with E-state index in [0.717, 1.165) is 33.8 Å². The van der Waals surface area contributed by atoms with Gasteiger partial charge in [0.05, 0.1) is 17.1 Å². The maximum atomic E-state index is 4.68. The average Bonchev–Trinajstić information content (AvgIpc) is 3.31. The van der Waals surface area contributed by atoms with Crippen molar-refractivity contribution in [2.75, 3.05) is 0 Å². The lowest BCUT2D eigenvalue weighted by Gasteiger charge is -2.20. The Balaban J connectivity index is 2.10. The molecule has 0 atom stereocenters. The Kier molecular flexibility index (Phi) is 3.98. The Morgan fingerprint density at radius 2 is 0.778 bits per heavy atom. The van der Waals surface area contributed by atoms with Crippen LogP contribution in [0.2, 0.25) is 0 Å². The molecule has 6 nitrogen and oxygen atoms in total. The molecule has 6 heteroatoms. The van der Waals surface area contributed by atoms with Crippen LogP contribution in [0.15, 0.2) is 36.8 Å². The van der Waals surface area contributed by atoms with Crippen molar-refractivity contribution in [2.24, 2.45) is 21.1 Å². The summed E-state index contributed by atoms with van der Waals surface area (Å²) in [5, 5.41) is 14.0. The molecule has 4 rings (SSSR count). The molecular formula is C21H24N6. The van der Waals surface area contributed by atoms with Gasteiger partial charge >= 0.3 is 0 Å². The van der Waals surface area contributed by atoms with Gasteiger partial charge in [-0.2, -0.15) is 15.3 Å². The Morgan fingerprint density at radius 3 is 0.963 bits per heavy atom. The van der Waals surface area contributed by atoms with Crippen molar-refractivity contribution in [1.82, 2.24) is 29.3 Å². The summed E-state index contributed by atoms with van der Waals surface area (Å²) in [5.41, 5.74) is 9.98. The Labute approximate surface area is 159 Å². The van der Waals surface area contributed by atoms with Crippen LogP contribution >= 0.6 is 0 Å². The highest BCUT2D eigenvalue weighted by Crippen LogP contribution is 2.42. The van der Waals surface area contributed by atoms with E-state index < -0.39 is 0 Å². The molecule has 27 heavy (non-hydrogen) atoms. The third-order valence-corrected chi connectivity index (χ3v) is 5.16. The van der Waals surface area contributed by atoms with Gasteiger partial charge in [-0.05, 0) is 55.7 Å². The zero-order valence-electron chi connectivity index (χ0n) is 16.6. The van der Waals surface area contributed by atoms with E-state index in [0.29, 0.717) is 0 Å². The van der Waals surface area contributed by atoms with Crippen LogP contribution in [0.5, 0.6) is 0 Å². The molecule has 0 saturated carbocycles. The second kappa shape index (κ2) is 6.23. The Hall–Kier alpha value is -3.15. The van der Waals surface area contributed by atoms with Crippen LogP contribution < -0.4 is 0 Å². The molecule has 1 aromatic carbocycles. The van der Waals surface area contributed by atoms with Crippen molar-refractivity contribution >= 4 is 0 Å². The number of hydrogen-bond acceptors (Lipinski definition) is 3. The molecule has 0 spiro atoms. The molecule has 3 heterocycles. The number of aryl methyl sites for hydroxylation is 3. The molecule has 138 valence electrons. The van der Waals surface area contributed by atoms with Gasteiger partial charge in [0, 0.05) is 56.4 Å². The fourth-order valence-corrected chi connectivity index (χ4v) is 4.02. The maximum absolute atomic E-state index is 4.68. The normalized spacial score (nSPS) is 11.3. The summed E-state index contributed by atoms with van der Waals surface area (Å²) in [4.78, 5) is 0. The van der Waals surface area contributed by atoms with Gasteiger partial charge in [-0.1, -0.05) is 0 Å². The van der Waals surface area contributed by atoms with Crippen molar-refractivity contribution < 1.29 is 0 Å². The zero-order chi connectivity index (χ0) is 19.3. The predicted molar refractivity (Wildman–Crippen MR) is 107 cm³/mol. The number of benzene rings is 1. The van der Waals surface area contributed by atoms with E-state index in [-0.39, 0.29) is 0 Å². The lowest BCUT2D eigenvalue weighted by molar-refractivity contribution is 0.768. The van der Waals surface area contributed by atoms with Crippen LogP contribution in [0.3, 0.4) is 0 Å². The highest BCUT2D eigenvalue weighted by Gasteiger charge is 2.23. The van der Waals surface area contributed by atoms with Crippen LogP contribution in [-0.4, -0.2) is 29.3 Å². The Morgan fingerprint density at radius 1 is 0.519 bits per heavy atom. The molecule has 0 amide bonds. The minimum absolute atomic E-state index is 0.974. The third-order valence-electron chi connectivity index (χ3n) is 5.16. The second-order valence-electron chi connectivity index (χ2n) is 7.12. The summed E-state index contributed by atoms with van der Waals surface area (Å²) in [6, 6.07) is 6.19. The van der Waals surface area contributed by atoms with E-state index in [2.05, 4.69) is 54.3 Å².